The molecule has 4 nitrogen and oxygen atoms in total. The van der Waals surface area contributed by atoms with Crippen molar-refractivity contribution in [1.82, 2.24) is 4.98 Å². The number of rotatable bonds is 3. The molecule has 1 aromatic carbocycles. The molecule has 7 heteroatoms. The Morgan fingerprint density at radius 1 is 1.42 bits per heavy atom. The van der Waals surface area contributed by atoms with Crippen LogP contribution in [0.1, 0.15) is 18.0 Å². The maximum absolute atomic E-state index is 11.8. The number of benzene rings is 1. The van der Waals surface area contributed by atoms with Gasteiger partial charge in [-0.25, -0.2) is 13.4 Å². The van der Waals surface area contributed by atoms with Crippen LogP contribution in [0.5, 0.6) is 0 Å². The Hall–Kier alpha value is -0.950. The minimum absolute atomic E-state index is 0.181. The number of aromatic nitrogens is 1. The van der Waals surface area contributed by atoms with E-state index in [1.165, 1.54) is 23.7 Å². The molecule has 0 fully saturated rings. The fourth-order valence-corrected chi connectivity index (χ4v) is 3.47. The summed E-state index contributed by atoms with van der Waals surface area (Å²) in [6.45, 7) is 1.83. The summed E-state index contributed by atoms with van der Waals surface area (Å²) in [7, 11) is -3.33. The molecule has 1 heterocycles. The Kier molecular flexibility index (Phi) is 3.96. The van der Waals surface area contributed by atoms with E-state index in [0.717, 1.165) is 5.01 Å². The molecule has 2 aromatic rings. The van der Waals surface area contributed by atoms with Crippen LogP contribution in [0, 0.1) is 0 Å². The minimum atomic E-state index is -3.33. The lowest BCUT2D eigenvalue weighted by molar-refractivity contribution is 0.602. The van der Waals surface area contributed by atoms with Crippen LogP contribution in [0.4, 0.5) is 0 Å². The average Bonchev–Trinajstić information content (AvgIpc) is 2.76. The number of hydrogen-bond acceptors (Lipinski definition) is 5. The number of thiazole rings is 1. The third-order valence-corrected chi connectivity index (χ3v) is 4.96. The standard InChI is InChI=1S/C12H13ClN2O2S2/c1-7(14)12-15-10(6-18-12)9-5-8(13)3-4-11(9)19(2,16)17/h3-7H,14H2,1-2H3. The molecule has 0 spiro atoms. The summed E-state index contributed by atoms with van der Waals surface area (Å²) in [6, 6.07) is 4.48. The Bertz CT molecular complexity index is 708. The highest BCUT2D eigenvalue weighted by atomic mass is 35.5. The largest absolute Gasteiger partial charge is 0.322 e. The number of nitrogens with two attached hydrogens (primary N) is 1. The minimum Gasteiger partial charge on any atom is -0.322 e. The summed E-state index contributed by atoms with van der Waals surface area (Å²) in [5.74, 6) is 0. The first-order chi connectivity index (χ1) is 8.79. The van der Waals surface area contributed by atoms with Gasteiger partial charge in [-0.3, -0.25) is 0 Å². The highest BCUT2D eigenvalue weighted by Gasteiger charge is 2.17. The number of halogens is 1. The summed E-state index contributed by atoms with van der Waals surface area (Å²) in [5, 5.41) is 3.02. The van der Waals surface area contributed by atoms with Gasteiger partial charge in [-0.05, 0) is 25.1 Å². The van der Waals surface area contributed by atoms with Gasteiger partial charge in [-0.1, -0.05) is 11.6 Å². The molecule has 2 rings (SSSR count). The summed E-state index contributed by atoms with van der Waals surface area (Å²) in [4.78, 5) is 4.59. The van der Waals surface area contributed by atoms with E-state index in [2.05, 4.69) is 4.98 Å². The first kappa shape index (κ1) is 14.5. The summed E-state index contributed by atoms with van der Waals surface area (Å²) < 4.78 is 23.6. The molecule has 1 aromatic heterocycles. The van der Waals surface area contributed by atoms with Crippen LogP contribution in [0.25, 0.3) is 11.3 Å². The number of nitrogens with zero attached hydrogens (tertiary/aromatic N) is 1. The van der Waals surface area contributed by atoms with Crippen LogP contribution in [0.15, 0.2) is 28.5 Å². The van der Waals surface area contributed by atoms with Crippen LogP contribution >= 0.6 is 22.9 Å². The van der Waals surface area contributed by atoms with E-state index in [1.54, 1.807) is 17.5 Å². The van der Waals surface area contributed by atoms with Gasteiger partial charge in [0, 0.05) is 22.2 Å². The lowest BCUT2D eigenvalue weighted by atomic mass is 10.2. The zero-order chi connectivity index (χ0) is 14.2. The molecule has 0 saturated heterocycles. The third-order valence-electron chi connectivity index (χ3n) is 2.53. The van der Waals surface area contributed by atoms with E-state index in [9.17, 15) is 8.42 Å². The normalized spacial score (nSPS) is 13.5. The van der Waals surface area contributed by atoms with Crippen LogP contribution in [0.3, 0.4) is 0 Å². The predicted octanol–water partition coefficient (Wildman–Crippen LogP) is 2.89. The van der Waals surface area contributed by atoms with Gasteiger partial charge in [0.05, 0.1) is 16.6 Å². The van der Waals surface area contributed by atoms with Crippen molar-refractivity contribution in [2.24, 2.45) is 5.73 Å². The zero-order valence-electron chi connectivity index (χ0n) is 10.4. The number of sulfone groups is 1. The highest BCUT2D eigenvalue weighted by molar-refractivity contribution is 7.90. The molecule has 0 amide bonds. The van der Waals surface area contributed by atoms with E-state index in [-0.39, 0.29) is 10.9 Å². The van der Waals surface area contributed by atoms with Gasteiger partial charge in [0.25, 0.3) is 0 Å². The molecular formula is C12H13ClN2O2S2. The van der Waals surface area contributed by atoms with Crippen LogP contribution in [0.2, 0.25) is 5.02 Å². The molecule has 19 heavy (non-hydrogen) atoms. The lowest BCUT2D eigenvalue weighted by Gasteiger charge is -2.06. The van der Waals surface area contributed by atoms with Crippen LogP contribution < -0.4 is 5.73 Å². The van der Waals surface area contributed by atoms with E-state index in [4.69, 9.17) is 17.3 Å². The Morgan fingerprint density at radius 3 is 2.63 bits per heavy atom. The smallest absolute Gasteiger partial charge is 0.176 e. The maximum Gasteiger partial charge on any atom is 0.176 e. The van der Waals surface area contributed by atoms with Gasteiger partial charge in [-0.2, -0.15) is 0 Å². The molecule has 0 aliphatic rings. The molecule has 1 unspecified atom stereocenters. The Balaban J connectivity index is 2.63. The molecular weight excluding hydrogens is 304 g/mol. The van der Waals surface area contributed by atoms with Crippen molar-refractivity contribution in [2.75, 3.05) is 6.26 Å². The molecule has 0 aliphatic heterocycles. The van der Waals surface area contributed by atoms with Gasteiger partial charge in [0.2, 0.25) is 0 Å². The van der Waals surface area contributed by atoms with Crippen molar-refractivity contribution in [3.63, 3.8) is 0 Å². The highest BCUT2D eigenvalue weighted by Crippen LogP contribution is 2.32. The van der Waals surface area contributed by atoms with Crippen molar-refractivity contribution in [1.29, 1.82) is 0 Å². The zero-order valence-corrected chi connectivity index (χ0v) is 12.8. The molecule has 0 saturated carbocycles. The van der Waals surface area contributed by atoms with Crippen molar-refractivity contribution in [3.05, 3.63) is 33.6 Å². The van der Waals surface area contributed by atoms with E-state index in [0.29, 0.717) is 16.3 Å². The third kappa shape index (κ3) is 3.14. The van der Waals surface area contributed by atoms with Gasteiger partial charge >= 0.3 is 0 Å². The molecule has 2 N–H and O–H groups in total. The average molecular weight is 317 g/mol. The van der Waals surface area contributed by atoms with Gasteiger partial charge in [0.15, 0.2) is 9.84 Å². The first-order valence-corrected chi connectivity index (χ1v) is 8.65. The second-order valence-corrected chi connectivity index (χ2v) is 7.58. The predicted molar refractivity (Wildman–Crippen MR) is 78.3 cm³/mol. The van der Waals surface area contributed by atoms with Crippen molar-refractivity contribution < 1.29 is 8.42 Å². The molecule has 102 valence electrons. The molecule has 1 atom stereocenters. The fourth-order valence-electron chi connectivity index (χ4n) is 1.65. The fraction of sp³-hybridized carbons (Fsp3) is 0.250. The van der Waals surface area contributed by atoms with Gasteiger partial charge in [0.1, 0.15) is 5.01 Å². The van der Waals surface area contributed by atoms with Crippen LogP contribution in [-0.2, 0) is 9.84 Å². The monoisotopic (exact) mass is 316 g/mol. The van der Waals surface area contributed by atoms with Gasteiger partial charge in [-0.15, -0.1) is 11.3 Å². The SMILES string of the molecule is CC(N)c1nc(-c2cc(Cl)ccc2S(C)(=O)=O)cs1. The number of hydrogen-bond donors (Lipinski definition) is 1. The molecule has 0 aliphatic carbocycles. The van der Waals surface area contributed by atoms with Crippen molar-refractivity contribution in [2.45, 2.75) is 17.9 Å². The van der Waals surface area contributed by atoms with E-state index < -0.39 is 9.84 Å². The Morgan fingerprint density at radius 2 is 2.11 bits per heavy atom. The first-order valence-electron chi connectivity index (χ1n) is 5.50. The van der Waals surface area contributed by atoms with E-state index in [1.807, 2.05) is 6.92 Å². The lowest BCUT2D eigenvalue weighted by Crippen LogP contribution is -2.04. The quantitative estimate of drug-likeness (QED) is 0.945. The Labute approximate surface area is 121 Å². The van der Waals surface area contributed by atoms with E-state index >= 15 is 0 Å². The maximum atomic E-state index is 11.8. The second kappa shape index (κ2) is 5.20. The summed E-state index contributed by atoms with van der Waals surface area (Å²) in [6.07, 6.45) is 1.17. The van der Waals surface area contributed by atoms with Crippen molar-refractivity contribution in [3.8, 4) is 11.3 Å². The topological polar surface area (TPSA) is 73.0 Å². The molecule has 0 radical (unpaired) electrons. The molecule has 0 bridgehead atoms. The van der Waals surface area contributed by atoms with Crippen molar-refractivity contribution >= 4 is 32.8 Å². The van der Waals surface area contributed by atoms with Gasteiger partial charge < -0.3 is 5.73 Å². The van der Waals surface area contributed by atoms with Crippen LogP contribution in [-0.4, -0.2) is 19.7 Å². The summed E-state index contributed by atoms with van der Waals surface area (Å²) >= 11 is 7.35. The summed E-state index contributed by atoms with van der Waals surface area (Å²) in [5.41, 5.74) is 6.86. The second-order valence-electron chi connectivity index (χ2n) is 4.27.